The van der Waals surface area contributed by atoms with Crippen molar-refractivity contribution < 1.29 is 4.79 Å². The van der Waals surface area contributed by atoms with E-state index in [1.54, 1.807) is 0 Å². The van der Waals surface area contributed by atoms with Crippen molar-refractivity contribution in [2.24, 2.45) is 5.73 Å². The fraction of sp³-hybridized carbons (Fsp3) is 0.357. The number of hydrogen-bond acceptors (Lipinski definition) is 2. The topological polar surface area (TPSA) is 67.1 Å². The van der Waals surface area contributed by atoms with E-state index in [1.807, 2.05) is 24.3 Å². The third kappa shape index (κ3) is 3.25. The van der Waals surface area contributed by atoms with Gasteiger partial charge in [0, 0.05) is 11.6 Å². The monoisotopic (exact) mass is 243 g/mol. The van der Waals surface area contributed by atoms with Gasteiger partial charge in [-0.1, -0.05) is 24.0 Å². The minimum atomic E-state index is -0.165. The lowest BCUT2D eigenvalue weighted by atomic mass is 9.93. The quantitative estimate of drug-likeness (QED) is 0.692. The van der Waals surface area contributed by atoms with Gasteiger partial charge >= 0.3 is 6.03 Å². The summed E-state index contributed by atoms with van der Waals surface area (Å²) in [4.78, 5) is 11.7. The van der Waals surface area contributed by atoms with Crippen LogP contribution in [0, 0.1) is 11.8 Å². The Morgan fingerprint density at radius 3 is 2.83 bits per heavy atom. The number of rotatable bonds is 2. The fourth-order valence-corrected chi connectivity index (χ4v) is 1.74. The van der Waals surface area contributed by atoms with Crippen molar-refractivity contribution in [3.63, 3.8) is 0 Å². The molecule has 0 saturated heterocycles. The van der Waals surface area contributed by atoms with Crippen LogP contribution in [0.3, 0.4) is 0 Å². The van der Waals surface area contributed by atoms with Gasteiger partial charge in [0.25, 0.3) is 0 Å². The zero-order chi connectivity index (χ0) is 12.8. The molecule has 0 spiro atoms. The van der Waals surface area contributed by atoms with E-state index in [-0.39, 0.29) is 6.03 Å². The highest BCUT2D eigenvalue weighted by molar-refractivity contribution is 5.91. The van der Waals surface area contributed by atoms with Crippen molar-refractivity contribution in [3.8, 4) is 11.8 Å². The molecule has 4 N–H and O–H groups in total. The van der Waals surface area contributed by atoms with Gasteiger partial charge in [-0.2, -0.15) is 0 Å². The Morgan fingerprint density at radius 1 is 1.39 bits per heavy atom. The summed E-state index contributed by atoms with van der Waals surface area (Å²) in [7, 11) is 0. The molecule has 1 aromatic rings. The van der Waals surface area contributed by atoms with Gasteiger partial charge in [-0.3, -0.25) is 0 Å². The molecule has 1 aliphatic rings. The largest absolute Gasteiger partial charge is 0.335 e. The Labute approximate surface area is 107 Å². The molecule has 2 amide bonds. The molecule has 0 atom stereocenters. The molecule has 0 aromatic heterocycles. The van der Waals surface area contributed by atoms with Gasteiger partial charge in [0.05, 0.1) is 12.2 Å². The summed E-state index contributed by atoms with van der Waals surface area (Å²) in [6.45, 7) is 0.308. The summed E-state index contributed by atoms with van der Waals surface area (Å²) < 4.78 is 0. The van der Waals surface area contributed by atoms with Crippen LogP contribution in [0.15, 0.2) is 24.3 Å². The molecule has 1 saturated carbocycles. The van der Waals surface area contributed by atoms with E-state index in [1.165, 1.54) is 6.42 Å². The standard InChI is InChI=1S/C14H17N3O/c15-10-4-6-11-5-1-2-9-13(11)17-14(18)16-12-7-3-8-12/h1-2,5,9,12H,3,7-8,10,15H2,(H2,16,17,18). The predicted octanol–water partition coefficient (Wildman–Crippen LogP) is 1.67. The molecule has 94 valence electrons. The number of carbonyl (C=O) groups is 1. The van der Waals surface area contributed by atoms with Crippen LogP contribution >= 0.6 is 0 Å². The van der Waals surface area contributed by atoms with Crippen molar-refractivity contribution in [2.45, 2.75) is 25.3 Å². The lowest BCUT2D eigenvalue weighted by Gasteiger charge is -2.26. The van der Waals surface area contributed by atoms with Crippen molar-refractivity contribution in [2.75, 3.05) is 11.9 Å². The van der Waals surface area contributed by atoms with E-state index in [2.05, 4.69) is 22.5 Å². The molecule has 4 nitrogen and oxygen atoms in total. The first kappa shape index (κ1) is 12.5. The average Bonchev–Trinajstić information content (AvgIpc) is 2.33. The van der Waals surface area contributed by atoms with Gasteiger partial charge in [0.1, 0.15) is 0 Å². The van der Waals surface area contributed by atoms with Crippen LogP contribution < -0.4 is 16.4 Å². The number of benzene rings is 1. The van der Waals surface area contributed by atoms with E-state index in [4.69, 9.17) is 5.73 Å². The molecule has 0 aliphatic heterocycles. The Kier molecular flexibility index (Phi) is 4.21. The van der Waals surface area contributed by atoms with Crippen molar-refractivity contribution >= 4 is 11.7 Å². The zero-order valence-electron chi connectivity index (χ0n) is 10.2. The molecule has 0 unspecified atom stereocenters. The first-order chi connectivity index (χ1) is 8.79. The third-order valence-corrected chi connectivity index (χ3v) is 2.94. The van der Waals surface area contributed by atoms with Gasteiger partial charge in [-0.15, -0.1) is 0 Å². The number of hydrogen-bond donors (Lipinski definition) is 3. The summed E-state index contributed by atoms with van der Waals surface area (Å²) in [5.41, 5.74) is 6.85. The minimum absolute atomic E-state index is 0.165. The zero-order valence-corrected chi connectivity index (χ0v) is 10.2. The summed E-state index contributed by atoms with van der Waals surface area (Å²) in [6, 6.07) is 7.61. The highest BCUT2D eigenvalue weighted by atomic mass is 16.2. The number of nitrogens with two attached hydrogens (primary N) is 1. The molecule has 1 fully saturated rings. The SMILES string of the molecule is NCC#Cc1ccccc1NC(=O)NC1CCC1. The second kappa shape index (κ2) is 6.08. The molecule has 2 rings (SSSR count). The molecule has 4 heteroatoms. The summed E-state index contributed by atoms with van der Waals surface area (Å²) in [6.07, 6.45) is 3.34. The second-order valence-corrected chi connectivity index (χ2v) is 4.28. The van der Waals surface area contributed by atoms with E-state index in [0.717, 1.165) is 24.1 Å². The fourth-order valence-electron chi connectivity index (χ4n) is 1.74. The molecule has 0 heterocycles. The molecule has 1 aliphatic carbocycles. The van der Waals surface area contributed by atoms with E-state index >= 15 is 0 Å². The number of anilines is 1. The summed E-state index contributed by atoms with van der Waals surface area (Å²) in [5, 5.41) is 5.75. The predicted molar refractivity (Wildman–Crippen MR) is 72.2 cm³/mol. The Hall–Kier alpha value is -1.99. The van der Waals surface area contributed by atoms with E-state index < -0.39 is 0 Å². The highest BCUT2D eigenvalue weighted by Gasteiger charge is 2.19. The van der Waals surface area contributed by atoms with Crippen LogP contribution in [0.2, 0.25) is 0 Å². The number of urea groups is 1. The second-order valence-electron chi connectivity index (χ2n) is 4.28. The number of carbonyl (C=O) groups excluding carboxylic acids is 1. The van der Waals surface area contributed by atoms with Crippen molar-refractivity contribution in [3.05, 3.63) is 29.8 Å². The summed E-state index contributed by atoms with van der Waals surface area (Å²) in [5.74, 6) is 5.73. The molecular formula is C14H17N3O. The van der Waals surface area contributed by atoms with Crippen molar-refractivity contribution in [1.29, 1.82) is 0 Å². The number of amides is 2. The maximum atomic E-state index is 11.7. The Morgan fingerprint density at radius 2 is 2.17 bits per heavy atom. The maximum Gasteiger partial charge on any atom is 0.319 e. The Balaban J connectivity index is 2.00. The van der Waals surface area contributed by atoms with Gasteiger partial charge in [0.15, 0.2) is 0 Å². The average molecular weight is 243 g/mol. The van der Waals surface area contributed by atoms with Crippen LogP contribution in [-0.2, 0) is 0 Å². The van der Waals surface area contributed by atoms with Gasteiger partial charge in [0.2, 0.25) is 0 Å². The van der Waals surface area contributed by atoms with Crippen LogP contribution in [0.25, 0.3) is 0 Å². The van der Waals surface area contributed by atoms with Crippen LogP contribution in [0.5, 0.6) is 0 Å². The van der Waals surface area contributed by atoms with Crippen LogP contribution in [0.4, 0.5) is 10.5 Å². The molecule has 0 bridgehead atoms. The third-order valence-electron chi connectivity index (χ3n) is 2.94. The molecule has 1 aromatic carbocycles. The minimum Gasteiger partial charge on any atom is -0.335 e. The first-order valence-corrected chi connectivity index (χ1v) is 6.15. The normalized spacial score (nSPS) is 14.1. The molecule has 0 radical (unpaired) electrons. The number of nitrogens with one attached hydrogen (secondary N) is 2. The maximum absolute atomic E-state index is 11.7. The van der Waals surface area contributed by atoms with Gasteiger partial charge < -0.3 is 16.4 Å². The lowest BCUT2D eigenvalue weighted by Crippen LogP contribution is -2.41. The van der Waals surface area contributed by atoms with E-state index in [0.29, 0.717) is 12.6 Å². The lowest BCUT2D eigenvalue weighted by molar-refractivity contribution is 0.240. The number of para-hydroxylation sites is 1. The van der Waals surface area contributed by atoms with Crippen molar-refractivity contribution in [1.82, 2.24) is 5.32 Å². The smallest absolute Gasteiger partial charge is 0.319 e. The Bertz CT molecular complexity index is 483. The molecular weight excluding hydrogens is 226 g/mol. The van der Waals surface area contributed by atoms with Gasteiger partial charge in [-0.25, -0.2) is 4.79 Å². The van der Waals surface area contributed by atoms with Crippen LogP contribution in [0.1, 0.15) is 24.8 Å². The molecule has 18 heavy (non-hydrogen) atoms. The highest BCUT2D eigenvalue weighted by Crippen LogP contribution is 2.18. The summed E-state index contributed by atoms with van der Waals surface area (Å²) >= 11 is 0. The first-order valence-electron chi connectivity index (χ1n) is 6.15. The van der Waals surface area contributed by atoms with Gasteiger partial charge in [-0.05, 0) is 31.4 Å². The van der Waals surface area contributed by atoms with E-state index in [9.17, 15) is 4.79 Å². The van der Waals surface area contributed by atoms with Crippen LogP contribution in [-0.4, -0.2) is 18.6 Å².